The van der Waals surface area contributed by atoms with Crippen molar-refractivity contribution in [1.29, 1.82) is 0 Å². The maximum atomic E-state index is 12.7. The van der Waals surface area contributed by atoms with E-state index in [0.717, 1.165) is 6.92 Å². The van der Waals surface area contributed by atoms with Crippen LogP contribution >= 0.6 is 0 Å². The van der Waals surface area contributed by atoms with Crippen LogP contribution in [0.5, 0.6) is 0 Å². The van der Waals surface area contributed by atoms with E-state index in [1.54, 1.807) is 13.8 Å². The molecule has 0 rings (SSSR count). The molecule has 0 aromatic heterocycles. The number of amides is 4. The summed E-state index contributed by atoms with van der Waals surface area (Å²) in [4.78, 5) is 70.8. The van der Waals surface area contributed by atoms with Crippen molar-refractivity contribution in [2.45, 2.75) is 70.3 Å². The first kappa shape index (κ1) is 28.7. The van der Waals surface area contributed by atoms with Crippen LogP contribution in [0.2, 0.25) is 0 Å². The molecule has 14 heteroatoms. The highest BCUT2D eigenvalue weighted by molar-refractivity contribution is 5.96. The van der Waals surface area contributed by atoms with E-state index in [0.29, 0.717) is 0 Å². The maximum absolute atomic E-state index is 12.7. The maximum Gasteiger partial charge on any atom is 0.328 e. The molecule has 4 amide bonds. The van der Waals surface area contributed by atoms with E-state index < -0.39 is 78.7 Å². The summed E-state index contributed by atoms with van der Waals surface area (Å²) < 4.78 is 0. The van der Waals surface area contributed by atoms with Gasteiger partial charge in [0.25, 0.3) is 0 Å². The number of aliphatic hydroxyl groups excluding tert-OH is 1. The molecule has 0 saturated carbocycles. The van der Waals surface area contributed by atoms with Gasteiger partial charge >= 0.3 is 11.9 Å². The molecule has 0 bridgehead atoms. The Morgan fingerprint density at radius 2 is 1.34 bits per heavy atom. The number of hydrogen-bond acceptors (Lipinski definition) is 8. The van der Waals surface area contributed by atoms with Gasteiger partial charge in [0.2, 0.25) is 23.6 Å². The van der Waals surface area contributed by atoms with Gasteiger partial charge in [-0.1, -0.05) is 13.8 Å². The Morgan fingerprint density at radius 3 is 1.75 bits per heavy atom. The number of carbonyl (C=O) groups excluding carboxylic acids is 4. The molecule has 5 atom stereocenters. The second-order valence-corrected chi connectivity index (χ2v) is 7.56. The Morgan fingerprint density at radius 1 is 0.844 bits per heavy atom. The zero-order chi connectivity index (χ0) is 25.2. The minimum atomic E-state index is -1.73. The fourth-order valence-electron chi connectivity index (χ4n) is 2.43. The van der Waals surface area contributed by atoms with Crippen molar-refractivity contribution in [2.24, 2.45) is 17.4 Å². The lowest BCUT2D eigenvalue weighted by atomic mass is 10.0. The topological polar surface area (TPSA) is 251 Å². The molecule has 182 valence electrons. The van der Waals surface area contributed by atoms with Gasteiger partial charge in [-0.2, -0.15) is 0 Å². The molecule has 0 aliphatic rings. The first-order chi connectivity index (χ1) is 14.7. The van der Waals surface area contributed by atoms with Gasteiger partial charge in [0.05, 0.1) is 18.6 Å². The third-order valence-corrected chi connectivity index (χ3v) is 4.39. The molecule has 32 heavy (non-hydrogen) atoms. The molecule has 0 radical (unpaired) electrons. The van der Waals surface area contributed by atoms with Crippen molar-refractivity contribution in [3.8, 4) is 0 Å². The fraction of sp³-hybridized carbons (Fsp3) is 0.667. The first-order valence-corrected chi connectivity index (χ1v) is 9.75. The molecule has 0 spiro atoms. The van der Waals surface area contributed by atoms with Crippen LogP contribution in [-0.2, 0) is 28.8 Å². The summed E-state index contributed by atoms with van der Waals surface area (Å²) in [6.07, 6.45) is -3.09. The van der Waals surface area contributed by atoms with Crippen molar-refractivity contribution >= 4 is 35.6 Å². The number of carboxylic acid groups (broad SMARTS) is 2. The van der Waals surface area contributed by atoms with Crippen LogP contribution in [0.25, 0.3) is 0 Å². The minimum absolute atomic E-state index is 0.292. The van der Waals surface area contributed by atoms with Gasteiger partial charge in [0, 0.05) is 6.42 Å². The smallest absolute Gasteiger partial charge is 0.328 e. The molecule has 5 unspecified atom stereocenters. The number of nitrogens with two attached hydrogens (primary N) is 2. The molecule has 10 N–H and O–H groups in total. The number of carbonyl (C=O) groups is 6. The number of rotatable bonds is 14. The number of nitrogens with one attached hydrogen (secondary N) is 3. The van der Waals surface area contributed by atoms with E-state index in [1.165, 1.54) is 0 Å². The van der Waals surface area contributed by atoms with E-state index >= 15 is 0 Å². The minimum Gasteiger partial charge on any atom is -0.481 e. The van der Waals surface area contributed by atoms with Crippen molar-refractivity contribution < 1.29 is 44.1 Å². The second-order valence-electron chi connectivity index (χ2n) is 7.56. The summed E-state index contributed by atoms with van der Waals surface area (Å²) in [7, 11) is 0. The summed E-state index contributed by atoms with van der Waals surface area (Å²) >= 11 is 0. The number of aliphatic carboxylic acids is 2. The van der Waals surface area contributed by atoms with Gasteiger partial charge in [-0.25, -0.2) is 4.79 Å². The molecule has 0 fully saturated rings. The number of aliphatic hydroxyl groups is 1. The molecule has 0 saturated heterocycles. The third kappa shape index (κ3) is 10.2. The lowest BCUT2D eigenvalue weighted by Gasteiger charge is -2.25. The Balaban J connectivity index is 5.59. The van der Waals surface area contributed by atoms with Crippen LogP contribution in [0.3, 0.4) is 0 Å². The summed E-state index contributed by atoms with van der Waals surface area (Å²) in [5, 5.41) is 33.9. The van der Waals surface area contributed by atoms with Crippen molar-refractivity contribution in [1.82, 2.24) is 16.0 Å². The zero-order valence-electron chi connectivity index (χ0n) is 18.0. The highest BCUT2D eigenvalue weighted by Crippen LogP contribution is 2.05. The summed E-state index contributed by atoms with van der Waals surface area (Å²) in [6, 6.07) is -5.80. The average molecular weight is 461 g/mol. The van der Waals surface area contributed by atoms with E-state index in [1.807, 2.05) is 5.32 Å². The summed E-state index contributed by atoms with van der Waals surface area (Å²) in [6.45, 7) is 4.42. The fourth-order valence-corrected chi connectivity index (χ4v) is 2.43. The first-order valence-electron chi connectivity index (χ1n) is 9.75. The van der Waals surface area contributed by atoms with E-state index in [9.17, 15) is 33.9 Å². The lowest BCUT2D eigenvalue weighted by Crippen LogP contribution is -2.59. The predicted octanol–water partition coefficient (Wildman–Crippen LogP) is -3.37. The van der Waals surface area contributed by atoms with E-state index in [2.05, 4.69) is 10.6 Å². The Bertz CT molecular complexity index is 726. The zero-order valence-corrected chi connectivity index (χ0v) is 18.0. The molecule has 0 aliphatic carbocycles. The van der Waals surface area contributed by atoms with Gasteiger partial charge in [0.1, 0.15) is 12.1 Å². The Labute approximate surface area is 184 Å². The molecular formula is C18H31N5O9. The van der Waals surface area contributed by atoms with Crippen LogP contribution < -0.4 is 27.4 Å². The van der Waals surface area contributed by atoms with Crippen molar-refractivity contribution in [3.63, 3.8) is 0 Å². The van der Waals surface area contributed by atoms with Crippen molar-refractivity contribution in [3.05, 3.63) is 0 Å². The lowest BCUT2D eigenvalue weighted by molar-refractivity contribution is -0.145. The summed E-state index contributed by atoms with van der Waals surface area (Å²) in [5.41, 5.74) is 10.8. The molecule has 0 aromatic rings. The second kappa shape index (κ2) is 13.2. The number of hydrogen-bond donors (Lipinski definition) is 8. The SMILES string of the molecule is CC(C)C(N)C(=O)NC(CCC(=O)O)C(=O)NC(CC(N)=O)C(=O)NC(C(=O)O)C(C)O. The molecular weight excluding hydrogens is 430 g/mol. The third-order valence-electron chi connectivity index (χ3n) is 4.39. The molecule has 14 nitrogen and oxygen atoms in total. The largest absolute Gasteiger partial charge is 0.481 e. The average Bonchev–Trinajstić information content (AvgIpc) is 2.66. The number of primary amides is 1. The Kier molecular flexibility index (Phi) is 11.9. The van der Waals surface area contributed by atoms with Crippen LogP contribution in [0.15, 0.2) is 0 Å². The van der Waals surface area contributed by atoms with Gasteiger partial charge in [0.15, 0.2) is 6.04 Å². The van der Waals surface area contributed by atoms with Crippen LogP contribution in [0.1, 0.15) is 40.0 Å². The monoisotopic (exact) mass is 461 g/mol. The highest BCUT2D eigenvalue weighted by atomic mass is 16.4. The standard InChI is InChI=1S/C18H31N5O9/c1-7(2)13(20)17(30)21-9(4-5-12(26)27)15(28)22-10(6-11(19)25)16(29)23-14(8(3)24)18(31)32/h7-10,13-14,24H,4-6,20H2,1-3H3,(H2,19,25)(H,21,30)(H,22,28)(H,23,29)(H,26,27)(H,31,32). The van der Waals surface area contributed by atoms with Gasteiger partial charge in [-0.3, -0.25) is 24.0 Å². The van der Waals surface area contributed by atoms with Crippen LogP contribution in [-0.4, -0.2) is 81.2 Å². The van der Waals surface area contributed by atoms with Gasteiger partial charge in [-0.15, -0.1) is 0 Å². The van der Waals surface area contributed by atoms with Gasteiger partial charge < -0.3 is 42.7 Å². The van der Waals surface area contributed by atoms with Gasteiger partial charge in [-0.05, 0) is 19.3 Å². The highest BCUT2D eigenvalue weighted by Gasteiger charge is 2.33. The quantitative estimate of drug-likeness (QED) is 0.127. The predicted molar refractivity (Wildman–Crippen MR) is 109 cm³/mol. The van der Waals surface area contributed by atoms with E-state index in [4.69, 9.17) is 21.7 Å². The molecule has 0 aromatic carbocycles. The van der Waals surface area contributed by atoms with Crippen LogP contribution in [0.4, 0.5) is 0 Å². The molecule has 0 heterocycles. The van der Waals surface area contributed by atoms with Crippen LogP contribution in [0, 0.1) is 5.92 Å². The Hall–Kier alpha value is -3.26. The normalized spacial score (nSPS) is 15.6. The molecule has 0 aliphatic heterocycles. The number of carboxylic acids is 2. The summed E-state index contributed by atoms with van der Waals surface area (Å²) in [5.74, 6) is -7.00. The van der Waals surface area contributed by atoms with E-state index in [-0.39, 0.29) is 12.3 Å². The van der Waals surface area contributed by atoms with Crippen molar-refractivity contribution in [2.75, 3.05) is 0 Å².